The van der Waals surface area contributed by atoms with E-state index in [1.54, 1.807) is 19.6 Å². The van der Waals surface area contributed by atoms with E-state index >= 15 is 0 Å². The van der Waals surface area contributed by atoms with E-state index < -0.39 is 0 Å². The van der Waals surface area contributed by atoms with Crippen LogP contribution in [0.1, 0.15) is 11.8 Å². The van der Waals surface area contributed by atoms with Crippen LogP contribution in [0.2, 0.25) is 0 Å². The predicted octanol–water partition coefficient (Wildman–Crippen LogP) is -0.710. The normalized spacial score (nSPS) is 20.7. The van der Waals surface area contributed by atoms with Gasteiger partial charge >= 0.3 is 0 Å². The zero-order valence-electron chi connectivity index (χ0n) is 9.27. The number of ether oxygens (including phenoxy) is 1. The van der Waals surface area contributed by atoms with Crippen molar-refractivity contribution in [2.45, 2.75) is 12.6 Å². The fraction of sp³-hybridized carbons (Fsp3) is 0.600. The van der Waals surface area contributed by atoms with Crippen LogP contribution >= 0.6 is 0 Å². The summed E-state index contributed by atoms with van der Waals surface area (Å²) < 4.78 is 7.44. The lowest BCUT2D eigenvalue weighted by molar-refractivity contribution is -0.121. The van der Waals surface area contributed by atoms with Gasteiger partial charge in [0.2, 0.25) is 5.91 Å². The highest BCUT2D eigenvalue weighted by Crippen LogP contribution is 2.17. The maximum Gasteiger partial charge on any atom is 0.239 e. The van der Waals surface area contributed by atoms with Gasteiger partial charge in [-0.25, -0.2) is 4.98 Å². The smallest absolute Gasteiger partial charge is 0.239 e. The van der Waals surface area contributed by atoms with E-state index in [0.29, 0.717) is 6.61 Å². The molecule has 1 aliphatic heterocycles. The second-order valence-corrected chi connectivity index (χ2v) is 3.68. The van der Waals surface area contributed by atoms with E-state index in [-0.39, 0.29) is 18.6 Å². The number of hydrogen-bond acceptors (Lipinski definition) is 4. The third-order valence-corrected chi connectivity index (χ3v) is 2.59. The van der Waals surface area contributed by atoms with Crippen molar-refractivity contribution in [3.05, 3.63) is 18.2 Å². The quantitative estimate of drug-likeness (QED) is 0.711. The Morgan fingerprint density at radius 3 is 3.38 bits per heavy atom. The summed E-state index contributed by atoms with van der Waals surface area (Å²) in [5.41, 5.74) is 0.941. The van der Waals surface area contributed by atoms with Crippen LogP contribution in [0.15, 0.2) is 12.5 Å². The van der Waals surface area contributed by atoms with Crippen LogP contribution in [-0.4, -0.2) is 42.2 Å². The molecule has 1 aliphatic rings. The van der Waals surface area contributed by atoms with Gasteiger partial charge in [0, 0.05) is 20.1 Å². The molecule has 2 heterocycles. The van der Waals surface area contributed by atoms with Crippen molar-refractivity contribution in [2.75, 3.05) is 26.7 Å². The summed E-state index contributed by atoms with van der Waals surface area (Å²) in [7, 11) is 1.62. The fourth-order valence-corrected chi connectivity index (χ4v) is 1.72. The molecule has 2 N–H and O–H groups in total. The van der Waals surface area contributed by atoms with Gasteiger partial charge in [-0.2, -0.15) is 0 Å². The number of likely N-dealkylation sites (N-methyl/N-ethyl adjacent to an activating group) is 1. The zero-order chi connectivity index (χ0) is 11.4. The summed E-state index contributed by atoms with van der Waals surface area (Å²) in [6.45, 7) is 2.61. The van der Waals surface area contributed by atoms with Gasteiger partial charge in [0.25, 0.3) is 0 Å². The van der Waals surface area contributed by atoms with Gasteiger partial charge in [0.05, 0.1) is 24.8 Å². The number of morpholine rings is 1. The first-order valence-corrected chi connectivity index (χ1v) is 5.34. The number of nitrogens with one attached hydrogen (secondary N) is 2. The SMILES string of the molecule is CNC(=O)Cn1cncc1C1CNCCO1. The first-order chi connectivity index (χ1) is 7.81. The Morgan fingerprint density at radius 1 is 1.81 bits per heavy atom. The molecule has 0 radical (unpaired) electrons. The number of nitrogens with zero attached hydrogens (tertiary/aromatic N) is 2. The van der Waals surface area contributed by atoms with Crippen LogP contribution in [0.5, 0.6) is 0 Å². The molecule has 0 spiro atoms. The first kappa shape index (κ1) is 11.1. The van der Waals surface area contributed by atoms with Gasteiger partial charge in [-0.05, 0) is 0 Å². The summed E-state index contributed by atoms with van der Waals surface area (Å²) in [6.07, 6.45) is 3.39. The molecule has 0 saturated carbocycles. The number of amides is 1. The highest BCUT2D eigenvalue weighted by molar-refractivity contribution is 5.75. The van der Waals surface area contributed by atoms with E-state index in [2.05, 4.69) is 15.6 Å². The Hall–Kier alpha value is -1.40. The van der Waals surface area contributed by atoms with Crippen LogP contribution in [0.3, 0.4) is 0 Å². The monoisotopic (exact) mass is 224 g/mol. The highest BCUT2D eigenvalue weighted by Gasteiger charge is 2.19. The number of hydrogen-bond donors (Lipinski definition) is 2. The molecule has 6 nitrogen and oxygen atoms in total. The standard InChI is InChI=1S/C10H16N4O2/c1-11-10(15)6-14-7-13-4-8(14)9-5-12-2-3-16-9/h4,7,9,12H,2-3,5-6H2,1H3,(H,11,15). The van der Waals surface area contributed by atoms with Crippen molar-refractivity contribution < 1.29 is 9.53 Å². The third-order valence-electron chi connectivity index (χ3n) is 2.59. The fourth-order valence-electron chi connectivity index (χ4n) is 1.72. The summed E-state index contributed by atoms with van der Waals surface area (Å²) in [5, 5.41) is 5.84. The minimum atomic E-state index is -0.0389. The average molecular weight is 224 g/mol. The number of imidazole rings is 1. The van der Waals surface area contributed by atoms with Gasteiger partial charge in [0.1, 0.15) is 12.6 Å². The highest BCUT2D eigenvalue weighted by atomic mass is 16.5. The molecule has 1 unspecified atom stereocenters. The topological polar surface area (TPSA) is 68.2 Å². The number of carbonyl (C=O) groups excluding carboxylic acids is 1. The van der Waals surface area contributed by atoms with Crippen molar-refractivity contribution >= 4 is 5.91 Å². The third kappa shape index (κ3) is 2.40. The van der Waals surface area contributed by atoms with Crippen LogP contribution in [0.4, 0.5) is 0 Å². The van der Waals surface area contributed by atoms with Gasteiger partial charge in [-0.15, -0.1) is 0 Å². The second kappa shape index (κ2) is 5.09. The van der Waals surface area contributed by atoms with Crippen molar-refractivity contribution in [3.8, 4) is 0 Å². The molecule has 6 heteroatoms. The lowest BCUT2D eigenvalue weighted by atomic mass is 10.2. The predicted molar refractivity (Wildman–Crippen MR) is 57.9 cm³/mol. The average Bonchev–Trinajstić information content (AvgIpc) is 2.78. The molecular weight excluding hydrogens is 208 g/mol. The molecule has 1 saturated heterocycles. The Labute approximate surface area is 94.0 Å². The van der Waals surface area contributed by atoms with E-state index in [0.717, 1.165) is 18.8 Å². The van der Waals surface area contributed by atoms with Gasteiger partial charge in [-0.3, -0.25) is 4.79 Å². The van der Waals surface area contributed by atoms with Crippen LogP contribution < -0.4 is 10.6 Å². The van der Waals surface area contributed by atoms with E-state index in [1.165, 1.54) is 0 Å². The molecule has 1 amide bonds. The minimum Gasteiger partial charge on any atom is -0.369 e. The van der Waals surface area contributed by atoms with Gasteiger partial charge in [0.15, 0.2) is 0 Å². The molecule has 1 aromatic heterocycles. The van der Waals surface area contributed by atoms with Crippen LogP contribution in [-0.2, 0) is 16.1 Å². The Balaban J connectivity index is 2.08. The van der Waals surface area contributed by atoms with Gasteiger partial charge < -0.3 is 19.9 Å². The maximum atomic E-state index is 11.3. The lowest BCUT2D eigenvalue weighted by Crippen LogP contribution is -2.35. The summed E-state index contributed by atoms with van der Waals surface area (Å²) in [5.74, 6) is -0.0389. The number of rotatable bonds is 3. The largest absolute Gasteiger partial charge is 0.369 e. The molecule has 0 bridgehead atoms. The van der Waals surface area contributed by atoms with Crippen molar-refractivity contribution in [1.82, 2.24) is 20.2 Å². The number of aromatic nitrogens is 2. The van der Waals surface area contributed by atoms with E-state index in [9.17, 15) is 4.79 Å². The molecule has 1 aromatic rings. The zero-order valence-corrected chi connectivity index (χ0v) is 9.27. The Morgan fingerprint density at radius 2 is 2.69 bits per heavy atom. The van der Waals surface area contributed by atoms with Gasteiger partial charge in [-0.1, -0.05) is 0 Å². The summed E-state index contributed by atoms with van der Waals surface area (Å²) >= 11 is 0. The molecule has 2 rings (SSSR count). The second-order valence-electron chi connectivity index (χ2n) is 3.68. The molecule has 1 fully saturated rings. The molecular formula is C10H16N4O2. The van der Waals surface area contributed by atoms with Crippen molar-refractivity contribution in [1.29, 1.82) is 0 Å². The summed E-state index contributed by atoms with van der Waals surface area (Å²) in [6, 6.07) is 0. The van der Waals surface area contributed by atoms with Crippen LogP contribution in [0, 0.1) is 0 Å². The minimum absolute atomic E-state index is 0.0130. The van der Waals surface area contributed by atoms with Crippen molar-refractivity contribution in [3.63, 3.8) is 0 Å². The Bertz CT molecular complexity index is 357. The molecule has 0 aromatic carbocycles. The molecule has 1 atom stereocenters. The maximum absolute atomic E-state index is 11.3. The summed E-state index contributed by atoms with van der Waals surface area (Å²) in [4.78, 5) is 15.4. The van der Waals surface area contributed by atoms with E-state index in [4.69, 9.17) is 4.74 Å². The molecule has 16 heavy (non-hydrogen) atoms. The number of carbonyl (C=O) groups is 1. The molecule has 0 aliphatic carbocycles. The van der Waals surface area contributed by atoms with Crippen LogP contribution in [0.25, 0.3) is 0 Å². The first-order valence-electron chi connectivity index (χ1n) is 5.34. The van der Waals surface area contributed by atoms with Crippen molar-refractivity contribution in [2.24, 2.45) is 0 Å². The molecule has 88 valence electrons. The Kier molecular flexibility index (Phi) is 3.53. The lowest BCUT2D eigenvalue weighted by Gasteiger charge is -2.24. The van der Waals surface area contributed by atoms with E-state index in [1.807, 2.05) is 4.57 Å².